The molecule has 1 atom stereocenters. The molecule has 0 amide bonds. The first-order chi connectivity index (χ1) is 10.4. The van der Waals surface area contributed by atoms with E-state index in [4.69, 9.17) is 0 Å². The Labute approximate surface area is 125 Å². The van der Waals surface area contributed by atoms with Crippen LogP contribution >= 0.6 is 0 Å². The van der Waals surface area contributed by atoms with Crippen molar-refractivity contribution in [3.8, 4) is 0 Å². The van der Waals surface area contributed by atoms with Crippen molar-refractivity contribution in [3.63, 3.8) is 0 Å². The number of nitrogens with zero attached hydrogens (tertiary/aromatic N) is 2. The quantitative estimate of drug-likeness (QED) is 0.772. The van der Waals surface area contributed by atoms with Gasteiger partial charge in [-0.15, -0.1) is 0 Å². The third-order valence-electron chi connectivity index (χ3n) is 3.61. The summed E-state index contributed by atoms with van der Waals surface area (Å²) in [6.45, 7) is 3.15. The number of pyridine rings is 2. The standard InChI is InChI=1S/C18H19N3/c1-2-10-21-18(14-6-4-11-19-13-14)16-7-3-9-17-15(16)8-5-12-20-17/h3-9,11-13,18,21H,2,10H2,1H3. The number of fused-ring (bicyclic) bond motifs is 1. The predicted molar refractivity (Wildman–Crippen MR) is 86.1 cm³/mol. The molecule has 106 valence electrons. The van der Waals surface area contributed by atoms with E-state index in [0.29, 0.717) is 0 Å². The topological polar surface area (TPSA) is 37.8 Å². The highest BCUT2D eigenvalue weighted by atomic mass is 14.9. The van der Waals surface area contributed by atoms with E-state index in [-0.39, 0.29) is 6.04 Å². The molecule has 2 heterocycles. The Morgan fingerprint density at radius 3 is 2.76 bits per heavy atom. The van der Waals surface area contributed by atoms with Crippen LogP contribution in [-0.4, -0.2) is 16.5 Å². The molecule has 0 fully saturated rings. The van der Waals surface area contributed by atoms with Gasteiger partial charge in [0.05, 0.1) is 11.6 Å². The van der Waals surface area contributed by atoms with Crippen LogP contribution in [0, 0.1) is 0 Å². The van der Waals surface area contributed by atoms with E-state index in [9.17, 15) is 0 Å². The molecule has 0 saturated heterocycles. The number of nitrogens with one attached hydrogen (secondary N) is 1. The molecule has 1 aromatic carbocycles. The molecule has 2 aromatic heterocycles. The van der Waals surface area contributed by atoms with Crippen LogP contribution in [0.25, 0.3) is 10.9 Å². The van der Waals surface area contributed by atoms with Crippen LogP contribution in [0.1, 0.15) is 30.5 Å². The molecule has 0 bridgehead atoms. The van der Waals surface area contributed by atoms with E-state index in [1.165, 1.54) is 16.5 Å². The Bertz CT molecular complexity index is 704. The third kappa shape index (κ3) is 2.93. The van der Waals surface area contributed by atoms with Gasteiger partial charge in [0, 0.05) is 24.0 Å². The SMILES string of the molecule is CCCNC(c1cccnc1)c1cccc2ncccc12. The first-order valence-electron chi connectivity index (χ1n) is 7.37. The maximum atomic E-state index is 4.45. The largest absolute Gasteiger partial charge is 0.306 e. The second-order valence-electron chi connectivity index (χ2n) is 5.09. The summed E-state index contributed by atoms with van der Waals surface area (Å²) in [6, 6.07) is 14.7. The summed E-state index contributed by atoms with van der Waals surface area (Å²) in [6.07, 6.45) is 6.68. The number of hydrogen-bond donors (Lipinski definition) is 1. The molecule has 3 aromatic rings. The minimum absolute atomic E-state index is 0.145. The van der Waals surface area contributed by atoms with Crippen molar-refractivity contribution in [2.24, 2.45) is 0 Å². The molecule has 3 nitrogen and oxygen atoms in total. The van der Waals surface area contributed by atoms with E-state index in [0.717, 1.165) is 18.5 Å². The summed E-state index contributed by atoms with van der Waals surface area (Å²) in [5, 5.41) is 4.82. The second-order valence-corrected chi connectivity index (χ2v) is 5.09. The smallest absolute Gasteiger partial charge is 0.0705 e. The first kappa shape index (κ1) is 13.7. The van der Waals surface area contributed by atoms with Gasteiger partial charge in [-0.25, -0.2) is 0 Å². The van der Waals surface area contributed by atoms with Crippen LogP contribution in [0.5, 0.6) is 0 Å². The highest BCUT2D eigenvalue weighted by molar-refractivity contribution is 5.82. The Morgan fingerprint density at radius 2 is 1.95 bits per heavy atom. The van der Waals surface area contributed by atoms with Crippen molar-refractivity contribution in [3.05, 3.63) is 72.2 Å². The normalized spacial score (nSPS) is 12.4. The summed E-state index contributed by atoms with van der Waals surface area (Å²) in [5.41, 5.74) is 3.46. The Hall–Kier alpha value is -2.26. The number of rotatable bonds is 5. The molecule has 0 aliphatic rings. The van der Waals surface area contributed by atoms with Gasteiger partial charge in [0.2, 0.25) is 0 Å². The lowest BCUT2D eigenvalue weighted by Crippen LogP contribution is -2.23. The van der Waals surface area contributed by atoms with E-state index in [2.05, 4.69) is 52.5 Å². The molecule has 21 heavy (non-hydrogen) atoms. The van der Waals surface area contributed by atoms with E-state index < -0.39 is 0 Å². The summed E-state index contributed by atoms with van der Waals surface area (Å²) in [4.78, 5) is 8.72. The lowest BCUT2D eigenvalue weighted by molar-refractivity contribution is 0.600. The third-order valence-corrected chi connectivity index (χ3v) is 3.61. The molecule has 3 heteroatoms. The average Bonchev–Trinajstić information content (AvgIpc) is 2.56. The van der Waals surface area contributed by atoms with Crippen LogP contribution in [-0.2, 0) is 0 Å². The number of hydrogen-bond acceptors (Lipinski definition) is 3. The van der Waals surface area contributed by atoms with Crippen LogP contribution in [0.15, 0.2) is 61.1 Å². The van der Waals surface area contributed by atoms with Gasteiger partial charge >= 0.3 is 0 Å². The van der Waals surface area contributed by atoms with Gasteiger partial charge in [0.15, 0.2) is 0 Å². The van der Waals surface area contributed by atoms with Crippen LogP contribution in [0.3, 0.4) is 0 Å². The van der Waals surface area contributed by atoms with Crippen LogP contribution in [0.4, 0.5) is 0 Å². The molecule has 0 aliphatic carbocycles. The predicted octanol–water partition coefficient (Wildman–Crippen LogP) is 3.72. The van der Waals surface area contributed by atoms with E-state index >= 15 is 0 Å². The minimum Gasteiger partial charge on any atom is -0.306 e. The fourth-order valence-corrected chi connectivity index (χ4v) is 2.62. The van der Waals surface area contributed by atoms with Gasteiger partial charge in [0.1, 0.15) is 0 Å². The zero-order valence-electron chi connectivity index (χ0n) is 12.2. The van der Waals surface area contributed by atoms with Gasteiger partial charge in [-0.1, -0.05) is 31.2 Å². The molecule has 1 unspecified atom stereocenters. The fraction of sp³-hybridized carbons (Fsp3) is 0.222. The Morgan fingerprint density at radius 1 is 1.05 bits per heavy atom. The molecule has 0 aliphatic heterocycles. The van der Waals surface area contributed by atoms with Crippen molar-refractivity contribution >= 4 is 10.9 Å². The van der Waals surface area contributed by atoms with Crippen molar-refractivity contribution in [1.82, 2.24) is 15.3 Å². The summed E-state index contributed by atoms with van der Waals surface area (Å²) in [5.74, 6) is 0. The maximum Gasteiger partial charge on any atom is 0.0705 e. The fourth-order valence-electron chi connectivity index (χ4n) is 2.62. The Kier molecular flexibility index (Phi) is 4.22. The molecular weight excluding hydrogens is 258 g/mol. The van der Waals surface area contributed by atoms with Crippen molar-refractivity contribution in [2.75, 3.05) is 6.54 Å². The molecule has 3 rings (SSSR count). The Balaban J connectivity index is 2.10. The molecule has 0 saturated carbocycles. The van der Waals surface area contributed by atoms with Gasteiger partial charge in [-0.2, -0.15) is 0 Å². The van der Waals surface area contributed by atoms with Crippen molar-refractivity contribution in [2.45, 2.75) is 19.4 Å². The summed E-state index contributed by atoms with van der Waals surface area (Å²) >= 11 is 0. The van der Waals surface area contributed by atoms with Crippen LogP contribution < -0.4 is 5.32 Å². The average molecular weight is 277 g/mol. The summed E-state index contributed by atoms with van der Waals surface area (Å²) < 4.78 is 0. The minimum atomic E-state index is 0.145. The number of aromatic nitrogens is 2. The lowest BCUT2D eigenvalue weighted by atomic mass is 9.96. The van der Waals surface area contributed by atoms with Gasteiger partial charge < -0.3 is 5.32 Å². The zero-order valence-corrected chi connectivity index (χ0v) is 12.2. The van der Waals surface area contributed by atoms with Gasteiger partial charge in [-0.05, 0) is 42.3 Å². The van der Waals surface area contributed by atoms with Gasteiger partial charge in [0.25, 0.3) is 0 Å². The highest BCUT2D eigenvalue weighted by Gasteiger charge is 2.16. The maximum absolute atomic E-state index is 4.45. The molecular formula is C18H19N3. The highest BCUT2D eigenvalue weighted by Crippen LogP contribution is 2.27. The van der Waals surface area contributed by atoms with Crippen molar-refractivity contribution in [1.29, 1.82) is 0 Å². The lowest BCUT2D eigenvalue weighted by Gasteiger charge is -2.20. The molecule has 0 radical (unpaired) electrons. The zero-order chi connectivity index (χ0) is 14.5. The first-order valence-corrected chi connectivity index (χ1v) is 7.37. The second kappa shape index (κ2) is 6.46. The molecule has 0 spiro atoms. The molecule has 1 N–H and O–H groups in total. The number of benzene rings is 1. The summed E-state index contributed by atoms with van der Waals surface area (Å²) in [7, 11) is 0. The van der Waals surface area contributed by atoms with Crippen LogP contribution in [0.2, 0.25) is 0 Å². The van der Waals surface area contributed by atoms with E-state index in [1.54, 1.807) is 0 Å². The van der Waals surface area contributed by atoms with E-state index in [1.807, 2.05) is 30.7 Å². The van der Waals surface area contributed by atoms with Crippen molar-refractivity contribution < 1.29 is 0 Å². The monoisotopic (exact) mass is 277 g/mol. The van der Waals surface area contributed by atoms with Gasteiger partial charge in [-0.3, -0.25) is 9.97 Å².